The van der Waals surface area contributed by atoms with Gasteiger partial charge in [-0.1, -0.05) is 11.3 Å². The maximum absolute atomic E-state index is 13.1. The smallest absolute Gasteiger partial charge is 0.303 e. The number of hydrogen-bond acceptors (Lipinski definition) is 9. The Bertz CT molecular complexity index is 1320. The fraction of sp³-hybridized carbons (Fsp3) is 0.478. The van der Waals surface area contributed by atoms with Gasteiger partial charge in [-0.2, -0.15) is 0 Å². The molecule has 0 radical (unpaired) electrons. The van der Waals surface area contributed by atoms with E-state index in [1.54, 1.807) is 10.9 Å². The number of carboxylic acids is 1. The van der Waals surface area contributed by atoms with Crippen LogP contribution in [0.2, 0.25) is 0 Å². The second kappa shape index (κ2) is 11.2. The van der Waals surface area contributed by atoms with Crippen molar-refractivity contribution in [3.8, 4) is 0 Å². The summed E-state index contributed by atoms with van der Waals surface area (Å²) in [6.07, 6.45) is 3.01. The first kappa shape index (κ1) is 26.4. The van der Waals surface area contributed by atoms with Gasteiger partial charge in [0.1, 0.15) is 6.04 Å². The minimum absolute atomic E-state index is 0.0269. The number of rotatable bonds is 12. The Labute approximate surface area is 212 Å². The Morgan fingerprint density at radius 1 is 1.22 bits per heavy atom. The standard InChI is InChI=1S/C23H27N5O8S/c29-20-8-7-18(22(32)24-20)28-14-17-16(23(28)33)4-2-5-19(17)37(34,35)12-11-36-10-9-27-13-15(25-26-27)3-1-6-21(30)31/h2,4-5,13,18H,1,3,6-12,14H2,(H,30,31)(H,24,29,32). The molecule has 1 unspecified atom stereocenters. The Morgan fingerprint density at radius 2 is 2.03 bits per heavy atom. The number of sulfone groups is 1. The summed E-state index contributed by atoms with van der Waals surface area (Å²) in [5.41, 5.74) is 1.25. The van der Waals surface area contributed by atoms with Crippen LogP contribution in [-0.2, 0) is 48.5 Å². The first-order valence-corrected chi connectivity index (χ1v) is 13.5. The largest absolute Gasteiger partial charge is 0.481 e. The molecule has 0 spiro atoms. The van der Waals surface area contributed by atoms with E-state index in [-0.39, 0.29) is 55.2 Å². The summed E-state index contributed by atoms with van der Waals surface area (Å²) in [5.74, 6) is -2.56. The summed E-state index contributed by atoms with van der Waals surface area (Å²) in [4.78, 5) is 48.6. The number of fused-ring (bicyclic) bond motifs is 1. The number of nitrogens with one attached hydrogen (secondary N) is 1. The van der Waals surface area contributed by atoms with Crippen LogP contribution < -0.4 is 5.32 Å². The Hall–Kier alpha value is -3.65. The monoisotopic (exact) mass is 533 g/mol. The first-order valence-electron chi connectivity index (χ1n) is 11.8. The number of amides is 3. The van der Waals surface area contributed by atoms with E-state index in [2.05, 4.69) is 15.6 Å². The molecule has 1 saturated heterocycles. The van der Waals surface area contributed by atoms with Crippen molar-refractivity contribution in [1.29, 1.82) is 0 Å². The molecule has 14 heteroatoms. The third-order valence-corrected chi connectivity index (χ3v) is 8.00. The molecular formula is C23H27N5O8S. The van der Waals surface area contributed by atoms with Crippen molar-refractivity contribution in [3.63, 3.8) is 0 Å². The molecule has 1 atom stereocenters. The molecule has 0 aliphatic carbocycles. The molecule has 4 rings (SSSR count). The second-order valence-corrected chi connectivity index (χ2v) is 10.9. The number of ether oxygens (including phenoxy) is 1. The number of imide groups is 1. The van der Waals surface area contributed by atoms with Gasteiger partial charge >= 0.3 is 5.97 Å². The number of aromatic nitrogens is 3. The molecular weight excluding hydrogens is 506 g/mol. The van der Waals surface area contributed by atoms with E-state index in [4.69, 9.17) is 9.84 Å². The van der Waals surface area contributed by atoms with E-state index in [1.807, 2.05) is 0 Å². The van der Waals surface area contributed by atoms with Gasteiger partial charge in [0.2, 0.25) is 11.8 Å². The van der Waals surface area contributed by atoms with E-state index in [0.717, 1.165) is 0 Å². The summed E-state index contributed by atoms with van der Waals surface area (Å²) >= 11 is 0. The minimum atomic E-state index is -3.79. The van der Waals surface area contributed by atoms with Crippen LogP contribution in [-0.4, -0.2) is 82.1 Å². The lowest BCUT2D eigenvalue weighted by atomic mass is 10.0. The van der Waals surface area contributed by atoms with Crippen molar-refractivity contribution in [2.24, 2.45) is 0 Å². The number of hydrogen-bond donors (Lipinski definition) is 2. The zero-order chi connectivity index (χ0) is 26.6. The fourth-order valence-electron chi connectivity index (χ4n) is 4.37. The maximum atomic E-state index is 13.1. The summed E-state index contributed by atoms with van der Waals surface area (Å²) in [5, 5.41) is 18.8. The predicted molar refractivity (Wildman–Crippen MR) is 126 cm³/mol. The predicted octanol–water partition coefficient (Wildman–Crippen LogP) is -0.0631. The Morgan fingerprint density at radius 3 is 2.78 bits per heavy atom. The van der Waals surface area contributed by atoms with Gasteiger partial charge in [-0.3, -0.25) is 24.5 Å². The quantitative estimate of drug-likeness (QED) is 0.277. The normalized spacial score (nSPS) is 17.7. The highest BCUT2D eigenvalue weighted by atomic mass is 32.2. The van der Waals surface area contributed by atoms with Gasteiger partial charge in [-0.15, -0.1) is 5.10 Å². The average Bonchev–Trinajstić information content (AvgIpc) is 3.43. The number of aryl methyl sites for hydroxylation is 1. The van der Waals surface area contributed by atoms with Crippen LogP contribution in [0.4, 0.5) is 0 Å². The lowest BCUT2D eigenvalue weighted by Crippen LogP contribution is -2.52. The topological polar surface area (TPSA) is 178 Å². The molecule has 0 bridgehead atoms. The van der Waals surface area contributed by atoms with Crippen LogP contribution in [0.25, 0.3) is 0 Å². The third-order valence-electron chi connectivity index (χ3n) is 6.24. The number of carbonyl (C=O) groups excluding carboxylic acids is 3. The molecule has 13 nitrogen and oxygen atoms in total. The van der Waals surface area contributed by atoms with Crippen molar-refractivity contribution >= 4 is 33.5 Å². The molecule has 2 N–H and O–H groups in total. The van der Waals surface area contributed by atoms with E-state index in [1.165, 1.54) is 23.1 Å². The zero-order valence-corrected chi connectivity index (χ0v) is 20.8. The summed E-state index contributed by atoms with van der Waals surface area (Å²) in [6.45, 7) is 0.443. The van der Waals surface area contributed by atoms with Gasteiger partial charge in [-0.25, -0.2) is 13.1 Å². The number of carbonyl (C=O) groups is 4. The van der Waals surface area contributed by atoms with Crippen molar-refractivity contribution in [1.82, 2.24) is 25.2 Å². The van der Waals surface area contributed by atoms with Crippen molar-refractivity contribution in [2.45, 2.75) is 56.1 Å². The summed E-state index contributed by atoms with van der Waals surface area (Å²) in [7, 11) is -3.79. The number of aliphatic carboxylic acids is 1. The molecule has 1 aromatic carbocycles. The van der Waals surface area contributed by atoms with E-state index >= 15 is 0 Å². The first-order chi connectivity index (χ1) is 17.7. The minimum Gasteiger partial charge on any atom is -0.481 e. The van der Waals surface area contributed by atoms with Crippen LogP contribution >= 0.6 is 0 Å². The lowest BCUT2D eigenvalue weighted by Gasteiger charge is -2.29. The molecule has 198 valence electrons. The van der Waals surface area contributed by atoms with Gasteiger partial charge < -0.3 is 14.7 Å². The third kappa shape index (κ3) is 6.20. The van der Waals surface area contributed by atoms with Gasteiger partial charge in [0.05, 0.1) is 36.1 Å². The van der Waals surface area contributed by atoms with E-state index < -0.39 is 39.6 Å². The summed E-state index contributed by atoms with van der Waals surface area (Å²) < 4.78 is 33.2. The lowest BCUT2D eigenvalue weighted by molar-refractivity contribution is -0.138. The number of piperidine rings is 1. The van der Waals surface area contributed by atoms with Crippen LogP contribution in [0.5, 0.6) is 0 Å². The number of benzene rings is 1. The van der Waals surface area contributed by atoms with Gasteiger partial charge in [0.25, 0.3) is 5.91 Å². The molecule has 1 fully saturated rings. The molecule has 2 aliphatic rings. The fourth-order valence-corrected chi connectivity index (χ4v) is 5.76. The highest BCUT2D eigenvalue weighted by Crippen LogP contribution is 2.32. The molecule has 2 aliphatic heterocycles. The van der Waals surface area contributed by atoms with Crippen molar-refractivity contribution in [2.75, 3.05) is 19.0 Å². The van der Waals surface area contributed by atoms with Gasteiger partial charge in [0, 0.05) is 36.7 Å². The molecule has 3 heterocycles. The Kier molecular flexibility index (Phi) is 7.97. The molecule has 3 amide bonds. The van der Waals surface area contributed by atoms with Gasteiger partial charge in [-0.05, 0) is 31.4 Å². The van der Waals surface area contributed by atoms with E-state index in [9.17, 15) is 27.6 Å². The van der Waals surface area contributed by atoms with Crippen LogP contribution in [0.15, 0.2) is 29.3 Å². The molecule has 0 saturated carbocycles. The number of carboxylic acid groups (broad SMARTS) is 1. The second-order valence-electron chi connectivity index (χ2n) is 8.83. The highest BCUT2D eigenvalue weighted by molar-refractivity contribution is 7.91. The maximum Gasteiger partial charge on any atom is 0.303 e. The van der Waals surface area contributed by atoms with Crippen molar-refractivity contribution in [3.05, 3.63) is 41.2 Å². The molecule has 2 aromatic rings. The van der Waals surface area contributed by atoms with Crippen LogP contribution in [0.1, 0.15) is 47.3 Å². The van der Waals surface area contributed by atoms with Crippen molar-refractivity contribution < 1.29 is 37.4 Å². The van der Waals surface area contributed by atoms with Crippen LogP contribution in [0.3, 0.4) is 0 Å². The average molecular weight is 534 g/mol. The number of nitrogens with zero attached hydrogens (tertiary/aromatic N) is 4. The van der Waals surface area contributed by atoms with Crippen LogP contribution in [0, 0.1) is 0 Å². The molecule has 1 aromatic heterocycles. The highest BCUT2D eigenvalue weighted by Gasteiger charge is 2.41. The van der Waals surface area contributed by atoms with E-state index in [0.29, 0.717) is 30.6 Å². The SMILES string of the molecule is O=C(O)CCCc1cn(CCOCCS(=O)(=O)c2cccc3c2CN(C2CCC(=O)NC2=O)C3=O)nn1. The Balaban J connectivity index is 1.30. The zero-order valence-electron chi connectivity index (χ0n) is 20.0. The molecule has 37 heavy (non-hydrogen) atoms. The van der Waals surface area contributed by atoms with Gasteiger partial charge in [0.15, 0.2) is 9.84 Å². The summed E-state index contributed by atoms with van der Waals surface area (Å²) in [6, 6.07) is 3.65.